The highest BCUT2D eigenvalue weighted by atomic mass is 79.9. The van der Waals surface area contributed by atoms with Crippen molar-refractivity contribution >= 4 is 43.5 Å². The molecule has 0 amide bonds. The highest BCUT2D eigenvalue weighted by Gasteiger charge is 2.18. The van der Waals surface area contributed by atoms with Crippen LogP contribution in [0.4, 0.5) is 8.78 Å². The molecule has 0 N–H and O–H groups in total. The van der Waals surface area contributed by atoms with E-state index >= 15 is 0 Å². The molecule has 0 saturated carbocycles. The van der Waals surface area contributed by atoms with Crippen LogP contribution in [0, 0.1) is 17.6 Å². The number of halogens is 5. The van der Waals surface area contributed by atoms with Gasteiger partial charge in [-0.1, -0.05) is 25.4 Å². The Morgan fingerprint density at radius 2 is 1.81 bits per heavy atom. The Labute approximate surface area is 143 Å². The first-order valence-corrected chi connectivity index (χ1v) is 8.13. The molecule has 2 rings (SSSR count). The molecule has 2 aromatic rings. The largest absolute Gasteiger partial charge is 0.232 e. The molecule has 7 heteroatoms. The van der Waals surface area contributed by atoms with Gasteiger partial charge in [0.05, 0.1) is 14.6 Å². The van der Waals surface area contributed by atoms with Gasteiger partial charge in [-0.25, -0.2) is 18.7 Å². The standard InChI is InChI=1S/C14H11Br2ClF2N2/c1-6(2)5-9-11(16)13(17)21-14(20-9)7-3-4-8(18)12(19)10(7)15/h3-4,6H,5H2,1-2H3. The van der Waals surface area contributed by atoms with E-state index in [9.17, 15) is 8.78 Å². The third-order valence-corrected chi connectivity index (χ3v) is 4.87. The summed E-state index contributed by atoms with van der Waals surface area (Å²) < 4.78 is 27.4. The molecule has 0 bridgehead atoms. The quantitative estimate of drug-likeness (QED) is 0.445. The zero-order valence-electron chi connectivity index (χ0n) is 11.2. The fourth-order valence-electron chi connectivity index (χ4n) is 1.80. The lowest BCUT2D eigenvalue weighted by molar-refractivity contribution is 0.504. The highest BCUT2D eigenvalue weighted by molar-refractivity contribution is 9.11. The zero-order valence-corrected chi connectivity index (χ0v) is 15.2. The number of aromatic nitrogens is 2. The molecule has 0 aliphatic heterocycles. The molecular formula is C14H11Br2ClF2N2. The van der Waals surface area contributed by atoms with Gasteiger partial charge in [0.1, 0.15) is 5.15 Å². The number of hydrogen-bond donors (Lipinski definition) is 0. The van der Waals surface area contributed by atoms with Crippen molar-refractivity contribution in [1.82, 2.24) is 9.97 Å². The van der Waals surface area contributed by atoms with Gasteiger partial charge in [0.15, 0.2) is 17.5 Å². The van der Waals surface area contributed by atoms with Crippen molar-refractivity contribution in [2.45, 2.75) is 20.3 Å². The molecule has 1 aromatic heterocycles. The van der Waals surface area contributed by atoms with E-state index in [0.29, 0.717) is 22.4 Å². The highest BCUT2D eigenvalue weighted by Crippen LogP contribution is 2.33. The van der Waals surface area contributed by atoms with E-state index in [2.05, 4.69) is 55.7 Å². The summed E-state index contributed by atoms with van der Waals surface area (Å²) in [4.78, 5) is 8.54. The van der Waals surface area contributed by atoms with Crippen LogP contribution in [0.2, 0.25) is 5.15 Å². The SMILES string of the molecule is CC(C)Cc1nc(-c2ccc(F)c(F)c2Br)nc(Cl)c1Br. The predicted octanol–water partition coefficient (Wildman–Crippen LogP) is 5.80. The van der Waals surface area contributed by atoms with Crippen LogP contribution in [-0.2, 0) is 6.42 Å². The maximum absolute atomic E-state index is 13.6. The third kappa shape index (κ3) is 3.60. The summed E-state index contributed by atoms with van der Waals surface area (Å²) in [5.41, 5.74) is 1.09. The molecule has 2 nitrogen and oxygen atoms in total. The van der Waals surface area contributed by atoms with Crippen molar-refractivity contribution in [3.63, 3.8) is 0 Å². The van der Waals surface area contributed by atoms with E-state index in [1.54, 1.807) is 0 Å². The normalized spacial score (nSPS) is 11.2. The minimum Gasteiger partial charge on any atom is -0.232 e. The van der Waals surface area contributed by atoms with E-state index in [1.807, 2.05) is 0 Å². The monoisotopic (exact) mass is 438 g/mol. The van der Waals surface area contributed by atoms with Gasteiger partial charge in [-0.2, -0.15) is 0 Å². The topological polar surface area (TPSA) is 25.8 Å². The number of hydrogen-bond acceptors (Lipinski definition) is 2. The predicted molar refractivity (Wildman–Crippen MR) is 86.3 cm³/mol. The molecule has 1 heterocycles. The lowest BCUT2D eigenvalue weighted by Gasteiger charge is -2.11. The minimum atomic E-state index is -0.972. The molecule has 0 atom stereocenters. The van der Waals surface area contributed by atoms with Crippen LogP contribution in [0.3, 0.4) is 0 Å². The van der Waals surface area contributed by atoms with E-state index in [0.717, 1.165) is 11.8 Å². The van der Waals surface area contributed by atoms with Crippen LogP contribution < -0.4 is 0 Å². The first-order chi connectivity index (χ1) is 9.81. The average molecular weight is 441 g/mol. The summed E-state index contributed by atoms with van der Waals surface area (Å²) in [7, 11) is 0. The second kappa shape index (κ2) is 6.67. The Bertz CT molecular complexity index is 693. The number of rotatable bonds is 3. The summed E-state index contributed by atoms with van der Waals surface area (Å²) in [5, 5.41) is 0.243. The van der Waals surface area contributed by atoms with Crippen LogP contribution >= 0.6 is 43.5 Å². The molecule has 0 spiro atoms. The summed E-state index contributed by atoms with van der Waals surface area (Å²) >= 11 is 12.5. The molecular weight excluding hydrogens is 429 g/mol. The van der Waals surface area contributed by atoms with Crippen LogP contribution in [0.5, 0.6) is 0 Å². The maximum atomic E-state index is 13.6. The van der Waals surface area contributed by atoms with Crippen molar-refractivity contribution in [2.75, 3.05) is 0 Å². The van der Waals surface area contributed by atoms with E-state index < -0.39 is 11.6 Å². The third-order valence-electron chi connectivity index (χ3n) is 2.76. The Balaban J connectivity index is 2.60. The van der Waals surface area contributed by atoms with Crippen molar-refractivity contribution in [1.29, 1.82) is 0 Å². The molecule has 112 valence electrons. The molecule has 0 saturated heterocycles. The van der Waals surface area contributed by atoms with Gasteiger partial charge in [0.2, 0.25) is 0 Å². The molecule has 0 aliphatic carbocycles. The summed E-state index contributed by atoms with van der Waals surface area (Å²) in [6, 6.07) is 2.46. The van der Waals surface area contributed by atoms with Gasteiger partial charge in [-0.3, -0.25) is 0 Å². The summed E-state index contributed by atoms with van der Waals surface area (Å²) in [5.74, 6) is -1.28. The first-order valence-electron chi connectivity index (χ1n) is 6.17. The fraction of sp³-hybridized carbons (Fsp3) is 0.286. The first kappa shape index (κ1) is 16.8. The van der Waals surface area contributed by atoms with Crippen LogP contribution in [0.25, 0.3) is 11.4 Å². The van der Waals surface area contributed by atoms with E-state index in [1.165, 1.54) is 6.07 Å². The van der Waals surface area contributed by atoms with Crippen molar-refractivity contribution < 1.29 is 8.78 Å². The van der Waals surface area contributed by atoms with Crippen molar-refractivity contribution in [3.8, 4) is 11.4 Å². The Morgan fingerprint density at radius 1 is 1.14 bits per heavy atom. The van der Waals surface area contributed by atoms with Crippen LogP contribution in [-0.4, -0.2) is 9.97 Å². The maximum Gasteiger partial charge on any atom is 0.173 e. The van der Waals surface area contributed by atoms with Gasteiger partial charge in [0, 0.05) is 5.56 Å². The number of nitrogens with zero attached hydrogens (tertiary/aromatic N) is 2. The van der Waals surface area contributed by atoms with E-state index in [4.69, 9.17) is 11.6 Å². The summed E-state index contributed by atoms with van der Waals surface area (Å²) in [6.45, 7) is 4.10. The van der Waals surface area contributed by atoms with Gasteiger partial charge < -0.3 is 0 Å². The van der Waals surface area contributed by atoms with Crippen molar-refractivity contribution in [2.24, 2.45) is 5.92 Å². The zero-order chi connectivity index (χ0) is 15.7. The molecule has 1 aromatic carbocycles. The smallest absolute Gasteiger partial charge is 0.173 e. The second-order valence-corrected chi connectivity index (χ2v) is 6.86. The molecule has 0 unspecified atom stereocenters. The average Bonchev–Trinajstić information content (AvgIpc) is 2.41. The lowest BCUT2D eigenvalue weighted by atomic mass is 10.1. The van der Waals surface area contributed by atoms with Crippen LogP contribution in [0.15, 0.2) is 21.1 Å². The van der Waals surface area contributed by atoms with E-state index in [-0.39, 0.29) is 15.5 Å². The number of benzene rings is 1. The molecule has 21 heavy (non-hydrogen) atoms. The van der Waals surface area contributed by atoms with Gasteiger partial charge in [-0.15, -0.1) is 0 Å². The molecule has 0 aliphatic rings. The van der Waals surface area contributed by atoms with Crippen molar-refractivity contribution in [3.05, 3.63) is 43.6 Å². The van der Waals surface area contributed by atoms with Gasteiger partial charge in [-0.05, 0) is 56.3 Å². The minimum absolute atomic E-state index is 0.0172. The lowest BCUT2D eigenvalue weighted by Crippen LogP contribution is -2.03. The molecule has 0 fully saturated rings. The Morgan fingerprint density at radius 3 is 2.43 bits per heavy atom. The van der Waals surface area contributed by atoms with Gasteiger partial charge in [0.25, 0.3) is 0 Å². The fourth-order valence-corrected chi connectivity index (χ4v) is 2.83. The van der Waals surface area contributed by atoms with Crippen LogP contribution in [0.1, 0.15) is 19.5 Å². The molecule has 0 radical (unpaired) electrons. The second-order valence-electron chi connectivity index (χ2n) is 4.92. The summed E-state index contributed by atoms with van der Waals surface area (Å²) in [6.07, 6.45) is 0.692. The Hall–Kier alpha value is -0.590. The van der Waals surface area contributed by atoms with Gasteiger partial charge >= 0.3 is 0 Å². The Kier molecular flexibility index (Phi) is 5.33.